The largest absolute Gasteiger partial charge is 0.342 e. The number of primary sulfonamides is 1. The van der Waals surface area contributed by atoms with Crippen LogP contribution in [0.2, 0.25) is 0 Å². The molecule has 0 bridgehead atoms. The zero-order valence-corrected chi connectivity index (χ0v) is 13.2. The maximum Gasteiger partial charge on any atom is 0.270 e. The van der Waals surface area contributed by atoms with Crippen molar-refractivity contribution >= 4 is 15.9 Å². The van der Waals surface area contributed by atoms with Crippen molar-refractivity contribution in [1.82, 2.24) is 9.47 Å². The lowest BCUT2D eigenvalue weighted by molar-refractivity contribution is 0.0750. The number of hydrogen-bond donors (Lipinski definition) is 1. The fourth-order valence-electron chi connectivity index (χ4n) is 2.68. The normalized spacial score (nSPS) is 16.8. The van der Waals surface area contributed by atoms with E-state index in [1.165, 1.54) is 12.3 Å². The molecule has 1 aromatic heterocycles. The fourth-order valence-corrected chi connectivity index (χ4v) is 3.23. The Balaban J connectivity index is 2.32. The molecule has 0 unspecified atom stereocenters. The first-order valence-corrected chi connectivity index (χ1v) is 9.00. The van der Waals surface area contributed by atoms with Crippen molar-refractivity contribution in [2.24, 2.45) is 5.14 Å². The molecule has 0 atom stereocenters. The van der Waals surface area contributed by atoms with E-state index in [2.05, 4.69) is 0 Å². The number of rotatable bonds is 4. The fraction of sp³-hybridized carbons (Fsp3) is 0.643. The van der Waals surface area contributed by atoms with Gasteiger partial charge in [-0.25, -0.2) is 13.6 Å². The summed E-state index contributed by atoms with van der Waals surface area (Å²) in [5.41, 5.74) is 0.419. The number of likely N-dealkylation sites (tertiary alicyclic amines) is 1. The van der Waals surface area contributed by atoms with Gasteiger partial charge in [0.1, 0.15) is 10.6 Å². The van der Waals surface area contributed by atoms with Crippen LogP contribution in [0.4, 0.5) is 0 Å². The van der Waals surface area contributed by atoms with Crippen LogP contribution < -0.4 is 5.14 Å². The highest BCUT2D eigenvalue weighted by Gasteiger charge is 2.23. The Bertz CT molecular complexity index is 599. The molecule has 21 heavy (non-hydrogen) atoms. The molecule has 2 heterocycles. The minimum absolute atomic E-state index is 0.00845. The summed E-state index contributed by atoms with van der Waals surface area (Å²) in [6.07, 6.45) is 6.57. The van der Waals surface area contributed by atoms with Gasteiger partial charge in [-0.15, -0.1) is 0 Å². The third-order valence-electron chi connectivity index (χ3n) is 3.78. The van der Waals surface area contributed by atoms with Crippen molar-refractivity contribution in [3.8, 4) is 0 Å². The minimum Gasteiger partial charge on any atom is -0.342 e. The summed E-state index contributed by atoms with van der Waals surface area (Å²) < 4.78 is 24.7. The quantitative estimate of drug-likeness (QED) is 0.915. The predicted molar refractivity (Wildman–Crippen MR) is 80.5 cm³/mol. The minimum atomic E-state index is -3.79. The molecular formula is C14H23N3O3S. The first-order valence-electron chi connectivity index (χ1n) is 7.45. The molecule has 1 aliphatic rings. The molecule has 0 saturated carbocycles. The van der Waals surface area contributed by atoms with Crippen LogP contribution in [-0.2, 0) is 16.6 Å². The second-order valence-corrected chi connectivity index (χ2v) is 7.07. The third-order valence-corrected chi connectivity index (χ3v) is 4.66. The summed E-state index contributed by atoms with van der Waals surface area (Å²) in [7, 11) is -3.79. The molecule has 1 fully saturated rings. The van der Waals surface area contributed by atoms with Gasteiger partial charge < -0.3 is 9.47 Å². The lowest BCUT2D eigenvalue weighted by atomic mass is 10.2. The van der Waals surface area contributed by atoms with Gasteiger partial charge in [-0.2, -0.15) is 0 Å². The highest BCUT2D eigenvalue weighted by atomic mass is 32.2. The molecule has 1 amide bonds. The highest BCUT2D eigenvalue weighted by molar-refractivity contribution is 7.89. The maximum atomic E-state index is 12.7. The van der Waals surface area contributed by atoms with Gasteiger partial charge in [0.05, 0.1) is 0 Å². The van der Waals surface area contributed by atoms with E-state index < -0.39 is 10.0 Å². The summed E-state index contributed by atoms with van der Waals surface area (Å²) in [5, 5.41) is 5.17. The molecule has 1 aromatic rings. The molecule has 0 spiro atoms. The van der Waals surface area contributed by atoms with Gasteiger partial charge in [-0.05, 0) is 25.3 Å². The number of sulfonamides is 1. The Morgan fingerprint density at radius 1 is 1.24 bits per heavy atom. The summed E-state index contributed by atoms with van der Waals surface area (Å²) in [5.74, 6) is -0.0970. The van der Waals surface area contributed by atoms with E-state index in [0.29, 0.717) is 12.2 Å². The zero-order chi connectivity index (χ0) is 15.5. The Morgan fingerprint density at radius 3 is 2.38 bits per heavy atom. The lowest BCUT2D eigenvalue weighted by Gasteiger charge is -2.21. The second kappa shape index (κ2) is 6.62. The van der Waals surface area contributed by atoms with Crippen LogP contribution in [0.15, 0.2) is 17.2 Å². The number of hydrogen-bond acceptors (Lipinski definition) is 3. The Hall–Kier alpha value is -1.34. The van der Waals surface area contributed by atoms with Crippen molar-refractivity contribution in [1.29, 1.82) is 0 Å². The molecule has 1 saturated heterocycles. The lowest BCUT2D eigenvalue weighted by Crippen LogP contribution is -2.33. The molecule has 0 aliphatic carbocycles. The molecule has 7 heteroatoms. The molecule has 1 aliphatic heterocycles. The molecule has 0 aromatic carbocycles. The summed E-state index contributed by atoms with van der Waals surface area (Å²) in [6, 6.07) is 1.40. The average Bonchev–Trinajstić information content (AvgIpc) is 2.67. The van der Waals surface area contributed by atoms with Crippen molar-refractivity contribution in [3.05, 3.63) is 18.0 Å². The Kier molecular flexibility index (Phi) is 5.05. The molecule has 2 N–H and O–H groups in total. The Labute approximate surface area is 126 Å². The smallest absolute Gasteiger partial charge is 0.270 e. The van der Waals surface area contributed by atoms with Crippen LogP contribution in [0, 0.1) is 0 Å². The number of amides is 1. The topological polar surface area (TPSA) is 85.4 Å². The van der Waals surface area contributed by atoms with Gasteiger partial charge in [-0.1, -0.05) is 19.8 Å². The molecule has 2 rings (SSSR count). The van der Waals surface area contributed by atoms with E-state index in [-0.39, 0.29) is 10.8 Å². The second-order valence-electron chi connectivity index (χ2n) is 5.51. The number of aromatic nitrogens is 1. The Morgan fingerprint density at radius 2 is 1.86 bits per heavy atom. The summed E-state index contributed by atoms with van der Waals surface area (Å²) in [4.78, 5) is 14.5. The zero-order valence-electron chi connectivity index (χ0n) is 12.4. The standard InChI is InChI=1S/C14H23N3O3S/c1-2-7-17-11-12(21(15,19)20)10-13(17)14(18)16-8-5-3-4-6-9-16/h10-11H,2-9H2,1H3,(H2,15,19,20). The van der Waals surface area contributed by atoms with E-state index in [0.717, 1.165) is 45.2 Å². The summed E-state index contributed by atoms with van der Waals surface area (Å²) in [6.45, 7) is 4.06. The number of nitrogens with two attached hydrogens (primary N) is 1. The maximum absolute atomic E-state index is 12.7. The highest BCUT2D eigenvalue weighted by Crippen LogP contribution is 2.18. The first kappa shape index (κ1) is 16.0. The van der Waals surface area contributed by atoms with Gasteiger partial charge in [0.2, 0.25) is 10.0 Å². The van der Waals surface area contributed by atoms with Crippen LogP contribution in [0.25, 0.3) is 0 Å². The number of aryl methyl sites for hydroxylation is 1. The number of carbonyl (C=O) groups excluding carboxylic acids is 1. The van der Waals surface area contributed by atoms with Crippen LogP contribution in [0.3, 0.4) is 0 Å². The van der Waals surface area contributed by atoms with Crippen molar-refractivity contribution in [3.63, 3.8) is 0 Å². The SMILES string of the molecule is CCCn1cc(S(N)(=O)=O)cc1C(=O)N1CCCCCC1. The predicted octanol–water partition coefficient (Wildman–Crippen LogP) is 1.56. The third kappa shape index (κ3) is 3.85. The molecule has 118 valence electrons. The van der Waals surface area contributed by atoms with E-state index in [1.54, 1.807) is 4.57 Å². The van der Waals surface area contributed by atoms with Crippen LogP contribution in [0.5, 0.6) is 0 Å². The van der Waals surface area contributed by atoms with E-state index in [9.17, 15) is 13.2 Å². The van der Waals surface area contributed by atoms with Crippen LogP contribution in [-0.4, -0.2) is 36.9 Å². The molecule has 0 radical (unpaired) electrons. The first-order chi connectivity index (χ1) is 9.93. The summed E-state index contributed by atoms with van der Waals surface area (Å²) >= 11 is 0. The van der Waals surface area contributed by atoms with Crippen molar-refractivity contribution < 1.29 is 13.2 Å². The van der Waals surface area contributed by atoms with E-state index in [1.807, 2.05) is 11.8 Å². The van der Waals surface area contributed by atoms with Crippen molar-refractivity contribution in [2.75, 3.05) is 13.1 Å². The van der Waals surface area contributed by atoms with Gasteiger partial charge in [0, 0.05) is 25.8 Å². The number of nitrogens with zero attached hydrogens (tertiary/aromatic N) is 2. The van der Waals surface area contributed by atoms with Gasteiger partial charge >= 0.3 is 0 Å². The van der Waals surface area contributed by atoms with Gasteiger partial charge in [-0.3, -0.25) is 4.79 Å². The number of carbonyl (C=O) groups is 1. The van der Waals surface area contributed by atoms with Gasteiger partial charge in [0.15, 0.2) is 0 Å². The molecule has 6 nitrogen and oxygen atoms in total. The van der Waals surface area contributed by atoms with Crippen LogP contribution in [0.1, 0.15) is 49.5 Å². The monoisotopic (exact) mass is 313 g/mol. The van der Waals surface area contributed by atoms with E-state index >= 15 is 0 Å². The average molecular weight is 313 g/mol. The van der Waals surface area contributed by atoms with Crippen molar-refractivity contribution in [2.45, 2.75) is 50.5 Å². The van der Waals surface area contributed by atoms with Gasteiger partial charge in [0.25, 0.3) is 5.91 Å². The van der Waals surface area contributed by atoms with Crippen LogP contribution >= 0.6 is 0 Å². The molecular weight excluding hydrogens is 290 g/mol. The van der Waals surface area contributed by atoms with E-state index in [4.69, 9.17) is 5.14 Å².